The number of nitrogens with two attached hydrogens (primary N) is 1. The molecule has 24 heavy (non-hydrogen) atoms. The van der Waals surface area contributed by atoms with E-state index in [1.807, 2.05) is 0 Å². The first-order valence-electron chi connectivity index (χ1n) is 9.44. The Morgan fingerprint density at radius 2 is 1.88 bits per heavy atom. The normalized spacial score (nSPS) is 25.8. The third-order valence-electron chi connectivity index (χ3n) is 5.69. The van der Waals surface area contributed by atoms with Gasteiger partial charge in [0.1, 0.15) is 0 Å². The number of carbonyl (C=O) groups is 1. The van der Waals surface area contributed by atoms with Crippen molar-refractivity contribution in [3.05, 3.63) is 35.4 Å². The molecule has 2 fully saturated rings. The molecule has 1 saturated heterocycles. The third-order valence-corrected chi connectivity index (χ3v) is 5.69. The fourth-order valence-corrected chi connectivity index (χ4v) is 3.93. The number of carbonyl (C=O) groups excluding carboxylic acids is 1. The number of piperidine rings is 1. The number of amides is 1. The highest BCUT2D eigenvalue weighted by molar-refractivity contribution is 5.79. The number of benzene rings is 1. The molecule has 3 N–H and O–H groups in total. The molecular weight excluding hydrogens is 298 g/mol. The van der Waals surface area contributed by atoms with Gasteiger partial charge in [-0.3, -0.25) is 9.69 Å². The molecule has 3 rings (SSSR count). The molecule has 2 atom stereocenters. The summed E-state index contributed by atoms with van der Waals surface area (Å²) in [6.07, 6.45) is 5.32. The van der Waals surface area contributed by atoms with Gasteiger partial charge in [-0.25, -0.2) is 0 Å². The second-order valence-electron chi connectivity index (χ2n) is 7.72. The second-order valence-corrected chi connectivity index (χ2v) is 7.72. The monoisotopic (exact) mass is 329 g/mol. The molecule has 1 aromatic rings. The van der Waals surface area contributed by atoms with E-state index in [1.165, 1.54) is 37.1 Å². The van der Waals surface area contributed by atoms with Crippen LogP contribution < -0.4 is 11.1 Å². The summed E-state index contributed by atoms with van der Waals surface area (Å²) in [4.78, 5) is 14.9. The first-order valence-corrected chi connectivity index (χ1v) is 9.44. The molecule has 1 saturated carbocycles. The van der Waals surface area contributed by atoms with Crippen LogP contribution in [-0.4, -0.2) is 29.9 Å². The summed E-state index contributed by atoms with van der Waals surface area (Å²) in [5.41, 5.74) is 8.51. The van der Waals surface area contributed by atoms with Gasteiger partial charge in [-0.15, -0.1) is 0 Å². The first-order chi connectivity index (χ1) is 11.6. The quantitative estimate of drug-likeness (QED) is 0.873. The zero-order valence-electron chi connectivity index (χ0n) is 14.8. The fraction of sp³-hybridized carbons (Fsp3) is 0.650. The van der Waals surface area contributed by atoms with Gasteiger partial charge in [0.25, 0.3) is 0 Å². The van der Waals surface area contributed by atoms with E-state index in [2.05, 4.69) is 41.4 Å². The van der Waals surface area contributed by atoms with Crippen molar-refractivity contribution in [2.75, 3.05) is 13.1 Å². The van der Waals surface area contributed by atoms with Crippen LogP contribution in [0.15, 0.2) is 24.3 Å². The van der Waals surface area contributed by atoms with Crippen LogP contribution in [0.2, 0.25) is 0 Å². The van der Waals surface area contributed by atoms with Crippen LogP contribution in [0.3, 0.4) is 0 Å². The molecule has 1 aliphatic carbocycles. The van der Waals surface area contributed by atoms with Gasteiger partial charge in [0.15, 0.2) is 0 Å². The summed E-state index contributed by atoms with van der Waals surface area (Å²) < 4.78 is 0. The van der Waals surface area contributed by atoms with Gasteiger partial charge in [0.05, 0.1) is 0 Å². The lowest BCUT2D eigenvalue weighted by Gasteiger charge is -2.30. The number of nitrogens with zero attached hydrogens (tertiary/aromatic N) is 1. The molecule has 0 bridgehead atoms. The van der Waals surface area contributed by atoms with Gasteiger partial charge < -0.3 is 11.1 Å². The van der Waals surface area contributed by atoms with Crippen molar-refractivity contribution in [3.63, 3.8) is 0 Å². The summed E-state index contributed by atoms with van der Waals surface area (Å²) >= 11 is 0. The third kappa shape index (κ3) is 4.58. The van der Waals surface area contributed by atoms with Gasteiger partial charge >= 0.3 is 0 Å². The Labute approximate surface area is 145 Å². The molecular formula is C20H31N3O. The van der Waals surface area contributed by atoms with Gasteiger partial charge in [-0.05, 0) is 62.2 Å². The van der Waals surface area contributed by atoms with Gasteiger partial charge in [0.2, 0.25) is 5.91 Å². The van der Waals surface area contributed by atoms with E-state index in [1.54, 1.807) is 0 Å². The molecule has 1 amide bonds. The SMILES string of the molecule is CC1CCN(Cc2ccccc2CNC(=O)C2CCC(N)C2)CC1. The van der Waals surface area contributed by atoms with Crippen LogP contribution in [0.5, 0.6) is 0 Å². The maximum Gasteiger partial charge on any atom is 0.223 e. The van der Waals surface area contributed by atoms with E-state index in [0.717, 1.165) is 31.7 Å². The number of nitrogens with one attached hydrogen (secondary N) is 1. The first kappa shape index (κ1) is 17.4. The number of likely N-dealkylation sites (tertiary alicyclic amines) is 1. The Morgan fingerprint density at radius 3 is 2.54 bits per heavy atom. The van der Waals surface area contributed by atoms with E-state index >= 15 is 0 Å². The predicted molar refractivity (Wildman–Crippen MR) is 97.3 cm³/mol. The minimum atomic E-state index is 0.107. The summed E-state index contributed by atoms with van der Waals surface area (Å²) in [5.74, 6) is 1.13. The van der Waals surface area contributed by atoms with Crippen LogP contribution in [0.4, 0.5) is 0 Å². The standard InChI is InChI=1S/C20H31N3O/c1-15-8-10-23(11-9-15)14-18-5-3-2-4-17(18)13-22-20(24)16-6-7-19(21)12-16/h2-5,15-16,19H,6-14,21H2,1H3,(H,22,24). The Hall–Kier alpha value is -1.39. The number of rotatable bonds is 5. The molecule has 0 radical (unpaired) electrons. The average Bonchev–Trinajstić information content (AvgIpc) is 3.02. The largest absolute Gasteiger partial charge is 0.352 e. The molecule has 1 heterocycles. The van der Waals surface area contributed by atoms with Crippen LogP contribution in [-0.2, 0) is 17.9 Å². The highest BCUT2D eigenvalue weighted by Gasteiger charge is 2.27. The molecule has 1 aliphatic heterocycles. The predicted octanol–water partition coefficient (Wildman–Crippen LogP) is 2.66. The lowest BCUT2D eigenvalue weighted by molar-refractivity contribution is -0.125. The summed E-state index contributed by atoms with van der Waals surface area (Å²) in [6, 6.07) is 8.71. The van der Waals surface area contributed by atoms with Crippen molar-refractivity contribution < 1.29 is 4.79 Å². The average molecular weight is 329 g/mol. The molecule has 4 heteroatoms. The molecule has 132 valence electrons. The Kier molecular flexibility index (Phi) is 5.90. The minimum Gasteiger partial charge on any atom is -0.352 e. The van der Waals surface area contributed by atoms with E-state index < -0.39 is 0 Å². The summed E-state index contributed by atoms with van der Waals surface area (Å²) in [7, 11) is 0. The molecule has 2 unspecified atom stereocenters. The van der Waals surface area contributed by atoms with Crippen LogP contribution in [0, 0.1) is 11.8 Å². The molecule has 2 aliphatic rings. The topological polar surface area (TPSA) is 58.4 Å². The van der Waals surface area contributed by atoms with Gasteiger partial charge in [0, 0.05) is 25.0 Å². The van der Waals surface area contributed by atoms with E-state index in [-0.39, 0.29) is 17.9 Å². The molecule has 1 aromatic carbocycles. The summed E-state index contributed by atoms with van der Waals surface area (Å²) in [6.45, 7) is 6.33. The second kappa shape index (κ2) is 8.13. The van der Waals surface area contributed by atoms with Crippen molar-refractivity contribution >= 4 is 5.91 Å². The number of hydrogen-bond acceptors (Lipinski definition) is 3. The smallest absolute Gasteiger partial charge is 0.223 e. The minimum absolute atomic E-state index is 0.107. The zero-order valence-corrected chi connectivity index (χ0v) is 14.8. The lowest BCUT2D eigenvalue weighted by atomic mass is 9.98. The highest BCUT2D eigenvalue weighted by atomic mass is 16.1. The van der Waals surface area contributed by atoms with Gasteiger partial charge in [-0.1, -0.05) is 31.2 Å². The maximum absolute atomic E-state index is 12.3. The van der Waals surface area contributed by atoms with Gasteiger partial charge in [-0.2, -0.15) is 0 Å². The molecule has 0 spiro atoms. The zero-order chi connectivity index (χ0) is 16.9. The Balaban J connectivity index is 1.55. The van der Waals surface area contributed by atoms with Crippen LogP contribution in [0.25, 0.3) is 0 Å². The van der Waals surface area contributed by atoms with Crippen molar-refractivity contribution in [1.82, 2.24) is 10.2 Å². The number of hydrogen-bond donors (Lipinski definition) is 2. The van der Waals surface area contributed by atoms with E-state index in [0.29, 0.717) is 6.54 Å². The Bertz CT molecular complexity index is 552. The molecule has 0 aromatic heterocycles. The van der Waals surface area contributed by atoms with Crippen molar-refractivity contribution in [3.8, 4) is 0 Å². The van der Waals surface area contributed by atoms with Crippen molar-refractivity contribution in [2.24, 2.45) is 17.6 Å². The lowest BCUT2D eigenvalue weighted by Crippen LogP contribution is -2.33. The van der Waals surface area contributed by atoms with Crippen molar-refractivity contribution in [2.45, 2.75) is 58.2 Å². The highest BCUT2D eigenvalue weighted by Crippen LogP contribution is 2.24. The molecule has 4 nitrogen and oxygen atoms in total. The van der Waals surface area contributed by atoms with Crippen LogP contribution >= 0.6 is 0 Å². The van der Waals surface area contributed by atoms with E-state index in [4.69, 9.17) is 5.73 Å². The summed E-state index contributed by atoms with van der Waals surface area (Å²) in [5, 5.41) is 3.13. The fourth-order valence-electron chi connectivity index (χ4n) is 3.93. The van der Waals surface area contributed by atoms with Crippen LogP contribution in [0.1, 0.15) is 50.2 Å². The van der Waals surface area contributed by atoms with E-state index in [9.17, 15) is 4.79 Å². The Morgan fingerprint density at radius 1 is 1.17 bits per heavy atom. The van der Waals surface area contributed by atoms with Crippen molar-refractivity contribution in [1.29, 1.82) is 0 Å². The maximum atomic E-state index is 12.3.